The number of fused-ring (bicyclic) bond motifs is 1. The van der Waals surface area contributed by atoms with Gasteiger partial charge in [0.05, 0.1) is 13.2 Å². The second-order valence-electron chi connectivity index (χ2n) is 5.87. The van der Waals surface area contributed by atoms with E-state index < -0.39 is 0 Å². The number of nitrogens with one attached hydrogen (secondary N) is 1. The van der Waals surface area contributed by atoms with Crippen LogP contribution in [0.1, 0.15) is 43.0 Å². The Morgan fingerprint density at radius 1 is 1.35 bits per heavy atom. The van der Waals surface area contributed by atoms with Gasteiger partial charge in [0.15, 0.2) is 5.82 Å². The third-order valence-electron chi connectivity index (χ3n) is 4.20. The van der Waals surface area contributed by atoms with Crippen LogP contribution in [0.4, 0.5) is 0 Å². The van der Waals surface area contributed by atoms with Crippen LogP contribution in [0.15, 0.2) is 24.3 Å². The lowest BCUT2D eigenvalue weighted by Gasteiger charge is -2.14. The number of amides is 1. The van der Waals surface area contributed by atoms with E-state index in [0.29, 0.717) is 12.8 Å². The van der Waals surface area contributed by atoms with Crippen LogP contribution in [-0.2, 0) is 24.2 Å². The number of aryl methyl sites for hydroxylation is 2. The molecule has 1 aromatic heterocycles. The molecule has 3 rings (SSSR count). The zero-order chi connectivity index (χ0) is 16.2. The van der Waals surface area contributed by atoms with Gasteiger partial charge in [-0.25, -0.2) is 0 Å². The molecule has 0 bridgehead atoms. The van der Waals surface area contributed by atoms with Gasteiger partial charge in [-0.2, -0.15) is 0 Å². The Morgan fingerprint density at radius 3 is 2.87 bits per heavy atom. The summed E-state index contributed by atoms with van der Waals surface area (Å²) in [5.74, 6) is 2.74. The molecule has 2 aromatic rings. The molecule has 1 N–H and O–H groups in total. The number of nitrogens with zero attached hydrogens (tertiary/aromatic N) is 3. The Kier molecular flexibility index (Phi) is 4.60. The van der Waals surface area contributed by atoms with Crippen molar-refractivity contribution in [3.8, 4) is 5.75 Å². The normalized spacial score (nSPS) is 14.3. The van der Waals surface area contributed by atoms with Crippen LogP contribution in [0, 0.1) is 0 Å². The van der Waals surface area contributed by atoms with E-state index in [1.165, 1.54) is 0 Å². The highest BCUT2D eigenvalue weighted by atomic mass is 16.5. The van der Waals surface area contributed by atoms with Gasteiger partial charge in [-0.3, -0.25) is 4.79 Å². The molecule has 0 fully saturated rings. The van der Waals surface area contributed by atoms with Gasteiger partial charge in [0, 0.05) is 19.4 Å². The first-order valence-electron chi connectivity index (χ1n) is 8.01. The van der Waals surface area contributed by atoms with Crippen molar-refractivity contribution in [2.45, 2.75) is 45.2 Å². The highest BCUT2D eigenvalue weighted by Crippen LogP contribution is 2.19. The Balaban J connectivity index is 1.52. The summed E-state index contributed by atoms with van der Waals surface area (Å²) >= 11 is 0. The first-order valence-corrected chi connectivity index (χ1v) is 8.01. The molecule has 1 aliphatic rings. The smallest absolute Gasteiger partial charge is 0.220 e. The van der Waals surface area contributed by atoms with Gasteiger partial charge in [-0.15, -0.1) is 10.2 Å². The number of carbonyl (C=O) groups is 1. The van der Waals surface area contributed by atoms with Crippen LogP contribution in [0.2, 0.25) is 0 Å². The molecular weight excluding hydrogens is 292 g/mol. The summed E-state index contributed by atoms with van der Waals surface area (Å²) in [5, 5.41) is 11.4. The number of hydrogen-bond acceptors (Lipinski definition) is 4. The highest BCUT2D eigenvalue weighted by molar-refractivity contribution is 5.76. The summed E-state index contributed by atoms with van der Waals surface area (Å²) in [5.41, 5.74) is 1.12. The van der Waals surface area contributed by atoms with Crippen LogP contribution in [0.25, 0.3) is 0 Å². The maximum Gasteiger partial charge on any atom is 0.220 e. The summed E-state index contributed by atoms with van der Waals surface area (Å²) in [4.78, 5) is 12.2. The lowest BCUT2D eigenvalue weighted by molar-refractivity contribution is -0.121. The summed E-state index contributed by atoms with van der Waals surface area (Å²) in [7, 11) is 1.64. The average molecular weight is 314 g/mol. The van der Waals surface area contributed by atoms with Crippen LogP contribution in [-0.4, -0.2) is 27.8 Å². The number of methoxy groups -OCH3 is 1. The quantitative estimate of drug-likeness (QED) is 0.886. The van der Waals surface area contributed by atoms with E-state index in [2.05, 4.69) is 20.1 Å². The van der Waals surface area contributed by atoms with Crippen molar-refractivity contribution in [1.82, 2.24) is 20.1 Å². The van der Waals surface area contributed by atoms with Gasteiger partial charge >= 0.3 is 0 Å². The predicted octanol–water partition coefficient (Wildman–Crippen LogP) is 2.04. The number of hydrogen-bond donors (Lipinski definition) is 1. The van der Waals surface area contributed by atoms with Gasteiger partial charge in [0.2, 0.25) is 5.91 Å². The molecule has 0 saturated heterocycles. The molecule has 0 radical (unpaired) electrons. The summed E-state index contributed by atoms with van der Waals surface area (Å²) < 4.78 is 7.25. The molecule has 1 amide bonds. The molecule has 1 aliphatic heterocycles. The van der Waals surface area contributed by atoms with Gasteiger partial charge in [0.25, 0.3) is 0 Å². The molecule has 1 aromatic carbocycles. The molecule has 6 nitrogen and oxygen atoms in total. The number of ether oxygens (including phenoxy) is 1. The largest absolute Gasteiger partial charge is 0.497 e. The Bertz CT molecular complexity index is 678. The summed E-state index contributed by atoms with van der Waals surface area (Å²) in [6.07, 6.45) is 3.25. The van der Waals surface area contributed by atoms with Gasteiger partial charge in [-0.05, 0) is 37.5 Å². The summed E-state index contributed by atoms with van der Waals surface area (Å²) in [6.45, 7) is 2.91. The minimum atomic E-state index is -0.113. The first kappa shape index (κ1) is 15.5. The fourth-order valence-corrected chi connectivity index (χ4v) is 2.92. The van der Waals surface area contributed by atoms with Crippen LogP contribution < -0.4 is 10.1 Å². The van der Waals surface area contributed by atoms with Crippen molar-refractivity contribution >= 4 is 5.91 Å². The number of aromatic nitrogens is 3. The molecule has 6 heteroatoms. The molecule has 122 valence electrons. The maximum atomic E-state index is 12.2. The van der Waals surface area contributed by atoms with Crippen molar-refractivity contribution in [3.05, 3.63) is 41.5 Å². The Labute approximate surface area is 135 Å². The predicted molar refractivity (Wildman–Crippen MR) is 86.2 cm³/mol. The van der Waals surface area contributed by atoms with Crippen molar-refractivity contribution in [3.63, 3.8) is 0 Å². The molecule has 2 heterocycles. The fraction of sp³-hybridized carbons (Fsp3) is 0.471. The topological polar surface area (TPSA) is 69.0 Å². The average Bonchev–Trinajstić information content (AvgIpc) is 3.16. The van der Waals surface area contributed by atoms with Crippen molar-refractivity contribution in [2.75, 3.05) is 7.11 Å². The van der Waals surface area contributed by atoms with E-state index in [9.17, 15) is 4.79 Å². The second kappa shape index (κ2) is 6.81. The molecular formula is C17H22N4O2. The lowest BCUT2D eigenvalue weighted by Crippen LogP contribution is -2.28. The number of rotatable bonds is 6. The van der Waals surface area contributed by atoms with E-state index in [1.807, 2.05) is 31.2 Å². The third kappa shape index (κ3) is 3.52. The van der Waals surface area contributed by atoms with E-state index in [0.717, 1.165) is 42.3 Å². The SMILES string of the molecule is COc1ccc(CCC(=O)NC(C)c2nnc3n2CCC3)cc1. The van der Waals surface area contributed by atoms with Crippen LogP contribution in [0.5, 0.6) is 5.75 Å². The highest BCUT2D eigenvalue weighted by Gasteiger charge is 2.22. The van der Waals surface area contributed by atoms with Gasteiger partial charge < -0.3 is 14.6 Å². The lowest BCUT2D eigenvalue weighted by atomic mass is 10.1. The Hall–Kier alpha value is -2.37. The molecule has 0 aliphatic carbocycles. The maximum absolute atomic E-state index is 12.2. The minimum Gasteiger partial charge on any atom is -0.497 e. The molecule has 0 saturated carbocycles. The molecule has 23 heavy (non-hydrogen) atoms. The van der Waals surface area contributed by atoms with E-state index in [-0.39, 0.29) is 11.9 Å². The number of benzene rings is 1. The second-order valence-corrected chi connectivity index (χ2v) is 5.87. The van der Waals surface area contributed by atoms with Crippen molar-refractivity contribution < 1.29 is 9.53 Å². The zero-order valence-electron chi connectivity index (χ0n) is 13.6. The van der Waals surface area contributed by atoms with E-state index in [1.54, 1.807) is 7.11 Å². The molecule has 0 spiro atoms. The number of carbonyl (C=O) groups excluding carboxylic acids is 1. The van der Waals surface area contributed by atoms with Crippen LogP contribution >= 0.6 is 0 Å². The van der Waals surface area contributed by atoms with Crippen LogP contribution in [0.3, 0.4) is 0 Å². The van der Waals surface area contributed by atoms with Gasteiger partial charge in [0.1, 0.15) is 11.6 Å². The Morgan fingerprint density at radius 2 is 2.13 bits per heavy atom. The van der Waals surface area contributed by atoms with E-state index in [4.69, 9.17) is 4.74 Å². The third-order valence-corrected chi connectivity index (χ3v) is 4.20. The molecule has 1 unspecified atom stereocenters. The summed E-state index contributed by atoms with van der Waals surface area (Å²) in [6, 6.07) is 7.69. The zero-order valence-corrected chi connectivity index (χ0v) is 13.6. The molecule has 1 atom stereocenters. The van der Waals surface area contributed by atoms with Crippen molar-refractivity contribution in [1.29, 1.82) is 0 Å². The monoisotopic (exact) mass is 314 g/mol. The van der Waals surface area contributed by atoms with Crippen molar-refractivity contribution in [2.24, 2.45) is 0 Å². The van der Waals surface area contributed by atoms with Gasteiger partial charge in [-0.1, -0.05) is 12.1 Å². The minimum absolute atomic E-state index is 0.0312. The van der Waals surface area contributed by atoms with E-state index >= 15 is 0 Å². The standard InChI is InChI=1S/C17H22N4O2/c1-12(17-20-19-15-4-3-11-21(15)17)18-16(22)10-7-13-5-8-14(23-2)9-6-13/h5-6,8-9,12H,3-4,7,10-11H2,1-2H3,(H,18,22). The first-order chi connectivity index (χ1) is 11.2. The fourth-order valence-electron chi connectivity index (χ4n) is 2.92.